The van der Waals surface area contributed by atoms with Crippen molar-refractivity contribution in [3.8, 4) is 0 Å². The fraction of sp³-hybridized carbons (Fsp3) is 1.00. The van der Waals surface area contributed by atoms with Crippen molar-refractivity contribution in [2.75, 3.05) is 20.1 Å². The minimum absolute atomic E-state index is 0.105. The number of aliphatic hydroxyl groups is 3. The van der Waals surface area contributed by atoms with Gasteiger partial charge in [-0.15, -0.1) is 0 Å². The SMILES string of the molecule is CN[C@H]1CN2CC[C@H](O)[C@@H]2[C@@H](O)[C@@H]1O. The molecule has 2 saturated heterocycles. The number of likely N-dealkylation sites (N-methyl/N-ethyl adjacent to an activating group) is 1. The van der Waals surface area contributed by atoms with Crippen molar-refractivity contribution >= 4 is 0 Å². The molecule has 0 aromatic rings. The molecule has 0 amide bonds. The van der Waals surface area contributed by atoms with Gasteiger partial charge >= 0.3 is 0 Å². The first kappa shape index (κ1) is 10.3. The molecule has 14 heavy (non-hydrogen) atoms. The maximum atomic E-state index is 9.83. The van der Waals surface area contributed by atoms with Crippen LogP contribution in [0.5, 0.6) is 0 Å². The lowest BCUT2D eigenvalue weighted by molar-refractivity contribution is -0.100. The van der Waals surface area contributed by atoms with E-state index in [1.165, 1.54) is 0 Å². The van der Waals surface area contributed by atoms with Gasteiger partial charge in [-0.05, 0) is 13.5 Å². The minimum Gasteiger partial charge on any atom is -0.391 e. The van der Waals surface area contributed by atoms with E-state index in [9.17, 15) is 15.3 Å². The summed E-state index contributed by atoms with van der Waals surface area (Å²) in [6.07, 6.45) is -1.45. The molecule has 82 valence electrons. The molecular weight excluding hydrogens is 184 g/mol. The van der Waals surface area contributed by atoms with Gasteiger partial charge in [0.1, 0.15) is 0 Å². The molecule has 2 aliphatic rings. The van der Waals surface area contributed by atoms with Gasteiger partial charge in [-0.3, -0.25) is 4.90 Å². The Hall–Kier alpha value is -0.200. The molecule has 0 bridgehead atoms. The number of fused-ring (bicyclic) bond motifs is 1. The molecule has 0 unspecified atom stereocenters. The number of hydrogen-bond donors (Lipinski definition) is 4. The molecule has 0 aliphatic carbocycles. The predicted molar refractivity (Wildman–Crippen MR) is 50.8 cm³/mol. The van der Waals surface area contributed by atoms with E-state index in [4.69, 9.17) is 0 Å². The summed E-state index contributed by atoms with van der Waals surface area (Å²) in [5.74, 6) is 0. The van der Waals surface area contributed by atoms with E-state index in [-0.39, 0.29) is 12.1 Å². The van der Waals surface area contributed by atoms with E-state index in [1.54, 1.807) is 7.05 Å². The minimum atomic E-state index is -0.848. The maximum absolute atomic E-state index is 9.83. The number of hydrogen-bond acceptors (Lipinski definition) is 5. The molecule has 0 aromatic heterocycles. The molecule has 2 rings (SSSR count). The number of nitrogens with one attached hydrogen (secondary N) is 1. The molecule has 2 fully saturated rings. The average molecular weight is 202 g/mol. The smallest absolute Gasteiger partial charge is 0.0994 e. The van der Waals surface area contributed by atoms with E-state index in [1.807, 2.05) is 4.90 Å². The van der Waals surface area contributed by atoms with Gasteiger partial charge < -0.3 is 20.6 Å². The van der Waals surface area contributed by atoms with Crippen LogP contribution in [0.1, 0.15) is 6.42 Å². The monoisotopic (exact) mass is 202 g/mol. The molecule has 4 N–H and O–H groups in total. The Labute approximate surface area is 83.3 Å². The number of nitrogens with zero attached hydrogens (tertiary/aromatic N) is 1. The zero-order valence-electron chi connectivity index (χ0n) is 8.30. The van der Waals surface area contributed by atoms with Gasteiger partial charge in [0.15, 0.2) is 0 Å². The maximum Gasteiger partial charge on any atom is 0.0994 e. The standard InChI is InChI=1S/C9H18N2O3/c1-10-5-4-11-3-2-6(12)7(11)9(14)8(5)13/h5-10,12-14H,2-4H2,1H3/t5-,6-,7+,8+,9+/m0/s1. The van der Waals surface area contributed by atoms with Crippen LogP contribution in [0.15, 0.2) is 0 Å². The van der Waals surface area contributed by atoms with E-state index >= 15 is 0 Å². The van der Waals surface area contributed by atoms with Gasteiger partial charge in [0, 0.05) is 19.1 Å². The zero-order chi connectivity index (χ0) is 10.3. The predicted octanol–water partition coefficient (Wildman–Crippen LogP) is -2.25. The van der Waals surface area contributed by atoms with Crippen molar-refractivity contribution in [3.05, 3.63) is 0 Å². The summed E-state index contributed by atoms with van der Waals surface area (Å²) in [4.78, 5) is 2.04. The quantitative estimate of drug-likeness (QED) is 0.386. The van der Waals surface area contributed by atoms with Crippen LogP contribution in [-0.2, 0) is 0 Å². The van der Waals surface area contributed by atoms with Crippen LogP contribution < -0.4 is 5.32 Å². The van der Waals surface area contributed by atoms with Crippen LogP contribution in [0.4, 0.5) is 0 Å². The van der Waals surface area contributed by atoms with Gasteiger partial charge in [-0.1, -0.05) is 0 Å². The summed E-state index contributed by atoms with van der Waals surface area (Å²) in [5.41, 5.74) is 0. The Bertz CT molecular complexity index is 214. The van der Waals surface area contributed by atoms with Crippen LogP contribution >= 0.6 is 0 Å². The van der Waals surface area contributed by atoms with Crippen molar-refractivity contribution in [1.82, 2.24) is 10.2 Å². The Morgan fingerprint density at radius 2 is 1.93 bits per heavy atom. The molecule has 0 aromatic carbocycles. The highest BCUT2D eigenvalue weighted by Crippen LogP contribution is 2.27. The fourth-order valence-electron chi connectivity index (χ4n) is 2.58. The van der Waals surface area contributed by atoms with Crippen molar-refractivity contribution in [2.45, 2.75) is 36.8 Å². The summed E-state index contributed by atoms with van der Waals surface area (Å²) in [5, 5.41) is 32.2. The largest absolute Gasteiger partial charge is 0.391 e. The lowest BCUT2D eigenvalue weighted by Crippen LogP contribution is -2.64. The summed E-state index contributed by atoms with van der Waals surface area (Å²) in [6, 6.07) is -0.388. The highest BCUT2D eigenvalue weighted by Gasteiger charge is 2.47. The molecule has 2 aliphatic heterocycles. The van der Waals surface area contributed by atoms with Crippen LogP contribution in [0.25, 0.3) is 0 Å². The Balaban J connectivity index is 2.13. The van der Waals surface area contributed by atoms with Crippen molar-refractivity contribution in [2.24, 2.45) is 0 Å². The summed E-state index contributed by atoms with van der Waals surface area (Å²) in [6.45, 7) is 1.49. The molecule has 5 nitrogen and oxygen atoms in total. The third-order valence-corrected chi connectivity index (χ3v) is 3.44. The zero-order valence-corrected chi connectivity index (χ0v) is 8.30. The summed E-state index contributed by atoms with van der Waals surface area (Å²) < 4.78 is 0. The normalized spacial score (nSPS) is 49.3. The van der Waals surface area contributed by atoms with Gasteiger partial charge in [-0.2, -0.15) is 0 Å². The first-order valence-corrected chi connectivity index (χ1v) is 5.10. The lowest BCUT2D eigenvalue weighted by Gasteiger charge is -2.42. The van der Waals surface area contributed by atoms with Crippen LogP contribution in [0.3, 0.4) is 0 Å². The third-order valence-electron chi connectivity index (χ3n) is 3.44. The highest BCUT2D eigenvalue weighted by molar-refractivity contribution is 5.03. The molecule has 0 radical (unpaired) electrons. The van der Waals surface area contributed by atoms with Gasteiger partial charge in [0.2, 0.25) is 0 Å². The molecular formula is C9H18N2O3. The first-order chi connectivity index (χ1) is 6.65. The van der Waals surface area contributed by atoms with E-state index in [0.29, 0.717) is 13.0 Å². The van der Waals surface area contributed by atoms with Crippen LogP contribution in [0, 0.1) is 0 Å². The van der Waals surface area contributed by atoms with Crippen LogP contribution in [0.2, 0.25) is 0 Å². The van der Waals surface area contributed by atoms with E-state index < -0.39 is 18.3 Å². The average Bonchev–Trinajstić information content (AvgIpc) is 2.54. The Morgan fingerprint density at radius 3 is 2.57 bits per heavy atom. The second-order valence-electron chi connectivity index (χ2n) is 4.22. The van der Waals surface area contributed by atoms with E-state index in [2.05, 4.69) is 5.32 Å². The van der Waals surface area contributed by atoms with Gasteiger partial charge in [-0.25, -0.2) is 0 Å². The molecule has 5 atom stereocenters. The van der Waals surface area contributed by atoms with Crippen LogP contribution in [-0.4, -0.2) is 70.8 Å². The molecule has 2 heterocycles. The van der Waals surface area contributed by atoms with Crippen molar-refractivity contribution in [3.63, 3.8) is 0 Å². The fourth-order valence-corrected chi connectivity index (χ4v) is 2.58. The van der Waals surface area contributed by atoms with E-state index in [0.717, 1.165) is 6.54 Å². The summed E-state index contributed by atoms with van der Waals surface area (Å²) in [7, 11) is 1.77. The van der Waals surface area contributed by atoms with Crippen molar-refractivity contribution in [1.29, 1.82) is 0 Å². The topological polar surface area (TPSA) is 76.0 Å². The highest BCUT2D eigenvalue weighted by atomic mass is 16.3. The molecule has 0 spiro atoms. The summed E-state index contributed by atoms with van der Waals surface area (Å²) >= 11 is 0. The number of rotatable bonds is 1. The number of aliphatic hydroxyl groups excluding tert-OH is 3. The molecule has 0 saturated carbocycles. The van der Waals surface area contributed by atoms with Gasteiger partial charge in [0.25, 0.3) is 0 Å². The van der Waals surface area contributed by atoms with Gasteiger partial charge in [0.05, 0.1) is 24.4 Å². The van der Waals surface area contributed by atoms with Crippen molar-refractivity contribution < 1.29 is 15.3 Å². The Kier molecular flexibility index (Phi) is 2.77. The second-order valence-corrected chi connectivity index (χ2v) is 4.22. The lowest BCUT2D eigenvalue weighted by atomic mass is 9.91. The third kappa shape index (κ3) is 1.45. The second kappa shape index (κ2) is 3.75. The first-order valence-electron chi connectivity index (χ1n) is 5.10. The molecule has 5 heteroatoms. The number of piperidine rings is 1. The Morgan fingerprint density at radius 1 is 1.21 bits per heavy atom.